The average molecular weight is 255 g/mol. The largest absolute Gasteiger partial charge is 0.388 e. The molecule has 96 valence electrons. The first-order chi connectivity index (χ1) is 8.00. The molecule has 0 bridgehead atoms. The van der Waals surface area contributed by atoms with Gasteiger partial charge in [0.1, 0.15) is 0 Å². The highest BCUT2D eigenvalue weighted by molar-refractivity contribution is 7.84. The second-order valence-electron chi connectivity index (χ2n) is 5.02. The van der Waals surface area contributed by atoms with Crippen LogP contribution < -0.4 is 0 Å². The topological polar surface area (TPSA) is 42.2 Å². The van der Waals surface area contributed by atoms with Crippen LogP contribution in [0.25, 0.3) is 0 Å². The van der Waals surface area contributed by atoms with Gasteiger partial charge in [0.15, 0.2) is 0 Å². The van der Waals surface area contributed by atoms with Crippen LogP contribution in [0.5, 0.6) is 0 Å². The molecule has 2 rings (SSSR count). The van der Waals surface area contributed by atoms with Crippen LogP contribution in [0.1, 0.15) is 42.8 Å². The molecular weight excluding hydrogens is 234 g/mol. The van der Waals surface area contributed by atoms with Gasteiger partial charge in [-0.2, -0.15) is 0 Å². The summed E-state index contributed by atoms with van der Waals surface area (Å²) in [5.41, 5.74) is 3.51. The van der Waals surface area contributed by atoms with Crippen LogP contribution in [0, 0.1) is 6.92 Å². The molecule has 3 atom stereocenters. The monoisotopic (exact) mass is 255 g/mol. The van der Waals surface area contributed by atoms with E-state index in [2.05, 4.69) is 17.6 Å². The van der Waals surface area contributed by atoms with E-state index in [9.17, 15) is 9.32 Å². The summed E-state index contributed by atoms with van der Waals surface area (Å²) in [5.74, 6) is 0. The fourth-order valence-electron chi connectivity index (χ4n) is 2.56. The van der Waals surface area contributed by atoms with Crippen molar-refractivity contribution in [3.8, 4) is 0 Å². The van der Waals surface area contributed by atoms with Crippen LogP contribution in [0.4, 0.5) is 0 Å². The van der Waals surface area contributed by atoms with Crippen LogP contribution in [0.15, 0.2) is 6.07 Å². The van der Waals surface area contributed by atoms with Crippen molar-refractivity contribution in [1.82, 2.24) is 4.57 Å². The highest BCUT2D eigenvalue weighted by atomic mass is 32.2. The number of aliphatic hydroxyl groups is 1. The number of nitrogens with zero attached hydrogens (tertiary/aromatic N) is 1. The Balaban J connectivity index is 2.31. The van der Waals surface area contributed by atoms with Crippen molar-refractivity contribution in [2.45, 2.75) is 51.0 Å². The van der Waals surface area contributed by atoms with Gasteiger partial charge in [-0.3, -0.25) is 4.21 Å². The molecule has 1 heterocycles. The first-order valence-corrected chi connectivity index (χ1v) is 7.82. The summed E-state index contributed by atoms with van der Waals surface area (Å²) in [7, 11) is -0.796. The fourth-order valence-corrected chi connectivity index (χ4v) is 2.92. The molecule has 1 aliphatic carbocycles. The van der Waals surface area contributed by atoms with E-state index < -0.39 is 10.8 Å². The Bertz CT molecular complexity index is 439. The molecule has 0 spiro atoms. The summed E-state index contributed by atoms with van der Waals surface area (Å²) in [4.78, 5) is 0. The predicted octanol–water partition coefficient (Wildman–Crippen LogP) is 1.93. The maximum absolute atomic E-state index is 11.5. The lowest BCUT2D eigenvalue weighted by molar-refractivity contribution is 0.155. The molecule has 0 radical (unpaired) electrons. The van der Waals surface area contributed by atoms with Gasteiger partial charge in [0, 0.05) is 45.8 Å². The minimum atomic E-state index is -0.796. The maximum atomic E-state index is 11.5. The minimum absolute atomic E-state index is 0.157. The zero-order chi connectivity index (χ0) is 12.6. The zero-order valence-electron chi connectivity index (χ0n) is 10.8. The molecule has 1 N–H and O–H groups in total. The molecule has 3 nitrogen and oxygen atoms in total. The molecule has 0 amide bonds. The third kappa shape index (κ3) is 2.47. The Morgan fingerprint density at radius 3 is 3.00 bits per heavy atom. The van der Waals surface area contributed by atoms with E-state index in [1.807, 2.05) is 6.92 Å². The van der Waals surface area contributed by atoms with Gasteiger partial charge in [0.2, 0.25) is 0 Å². The summed E-state index contributed by atoms with van der Waals surface area (Å²) in [6.45, 7) is 4.87. The highest BCUT2D eigenvalue weighted by Crippen LogP contribution is 2.32. The van der Waals surface area contributed by atoms with E-state index >= 15 is 0 Å². The van der Waals surface area contributed by atoms with Crippen LogP contribution in [0.2, 0.25) is 0 Å². The quantitative estimate of drug-likeness (QED) is 0.897. The number of aliphatic hydroxyl groups excluding tert-OH is 1. The number of aromatic nitrogens is 1. The fraction of sp³-hybridized carbons (Fsp3) is 0.692. The molecule has 1 aromatic rings. The molecule has 0 aliphatic heterocycles. The van der Waals surface area contributed by atoms with Crippen molar-refractivity contribution in [2.75, 3.05) is 6.26 Å². The van der Waals surface area contributed by atoms with Gasteiger partial charge in [0.25, 0.3) is 0 Å². The van der Waals surface area contributed by atoms with E-state index in [0.29, 0.717) is 0 Å². The number of rotatable bonds is 3. The lowest BCUT2D eigenvalue weighted by Gasteiger charge is -2.21. The Hall–Kier alpha value is -0.610. The molecule has 0 aromatic carbocycles. The van der Waals surface area contributed by atoms with Gasteiger partial charge >= 0.3 is 0 Å². The van der Waals surface area contributed by atoms with Crippen molar-refractivity contribution in [1.29, 1.82) is 0 Å². The standard InChI is InChI=1S/C13H21NO2S/c1-9-7-11-12(5-4-6-13(11)15)14(9)8-10(2)17(3)16/h7,10,13,15H,4-6,8H2,1-3H3. The maximum Gasteiger partial charge on any atom is 0.0807 e. The van der Waals surface area contributed by atoms with Crippen LogP contribution in [-0.4, -0.2) is 25.4 Å². The van der Waals surface area contributed by atoms with Crippen molar-refractivity contribution < 1.29 is 9.32 Å². The lowest BCUT2D eigenvalue weighted by atomic mass is 9.95. The Morgan fingerprint density at radius 2 is 2.35 bits per heavy atom. The van der Waals surface area contributed by atoms with Gasteiger partial charge in [-0.25, -0.2) is 0 Å². The average Bonchev–Trinajstić information content (AvgIpc) is 2.58. The normalized spacial score (nSPS) is 23.2. The Labute approximate surface area is 105 Å². The summed E-state index contributed by atoms with van der Waals surface area (Å²) >= 11 is 0. The lowest BCUT2D eigenvalue weighted by Crippen LogP contribution is -2.21. The third-order valence-corrected chi connectivity index (χ3v) is 4.99. The first-order valence-electron chi connectivity index (χ1n) is 6.20. The number of fused-ring (bicyclic) bond motifs is 1. The van der Waals surface area contributed by atoms with Gasteiger partial charge in [-0.1, -0.05) is 0 Å². The zero-order valence-corrected chi connectivity index (χ0v) is 11.6. The number of hydrogen-bond acceptors (Lipinski definition) is 2. The second kappa shape index (κ2) is 4.94. The van der Waals surface area contributed by atoms with E-state index in [1.54, 1.807) is 6.26 Å². The Kier molecular flexibility index (Phi) is 3.73. The molecule has 4 heteroatoms. The molecular formula is C13H21NO2S. The smallest absolute Gasteiger partial charge is 0.0807 e. The van der Waals surface area contributed by atoms with E-state index in [0.717, 1.165) is 31.4 Å². The molecule has 0 saturated heterocycles. The molecule has 3 unspecified atom stereocenters. The van der Waals surface area contributed by atoms with Gasteiger partial charge in [-0.05, 0) is 39.2 Å². The SMILES string of the molecule is Cc1cc2c(n1CC(C)S(C)=O)CCCC2O. The molecule has 0 fully saturated rings. The summed E-state index contributed by atoms with van der Waals surface area (Å²) in [6, 6.07) is 2.09. The highest BCUT2D eigenvalue weighted by Gasteiger charge is 2.23. The van der Waals surface area contributed by atoms with Crippen LogP contribution in [-0.2, 0) is 23.8 Å². The second-order valence-corrected chi connectivity index (χ2v) is 6.82. The predicted molar refractivity (Wildman–Crippen MR) is 70.6 cm³/mol. The van der Waals surface area contributed by atoms with Crippen molar-refractivity contribution in [2.24, 2.45) is 0 Å². The van der Waals surface area contributed by atoms with Crippen molar-refractivity contribution >= 4 is 10.8 Å². The molecule has 0 saturated carbocycles. The van der Waals surface area contributed by atoms with Gasteiger partial charge < -0.3 is 9.67 Å². The van der Waals surface area contributed by atoms with Crippen LogP contribution in [0.3, 0.4) is 0 Å². The number of hydrogen-bond donors (Lipinski definition) is 1. The van der Waals surface area contributed by atoms with Gasteiger partial charge in [0.05, 0.1) is 6.10 Å². The molecule has 1 aromatic heterocycles. The van der Waals surface area contributed by atoms with Gasteiger partial charge in [-0.15, -0.1) is 0 Å². The first kappa shape index (κ1) is 12.8. The van der Waals surface area contributed by atoms with Crippen molar-refractivity contribution in [3.63, 3.8) is 0 Å². The van der Waals surface area contributed by atoms with Crippen molar-refractivity contribution in [3.05, 3.63) is 23.0 Å². The number of aryl methyl sites for hydroxylation is 1. The van der Waals surface area contributed by atoms with E-state index in [1.165, 1.54) is 11.4 Å². The summed E-state index contributed by atoms with van der Waals surface area (Å²) in [5, 5.41) is 10.1. The summed E-state index contributed by atoms with van der Waals surface area (Å²) < 4.78 is 13.7. The van der Waals surface area contributed by atoms with E-state index in [-0.39, 0.29) is 11.4 Å². The molecule has 17 heavy (non-hydrogen) atoms. The Morgan fingerprint density at radius 1 is 1.65 bits per heavy atom. The van der Waals surface area contributed by atoms with Crippen LogP contribution >= 0.6 is 0 Å². The van der Waals surface area contributed by atoms with E-state index in [4.69, 9.17) is 0 Å². The molecule has 1 aliphatic rings. The summed E-state index contributed by atoms with van der Waals surface area (Å²) in [6.07, 6.45) is 4.39. The minimum Gasteiger partial charge on any atom is -0.388 e. The third-order valence-electron chi connectivity index (χ3n) is 3.71.